The van der Waals surface area contributed by atoms with Gasteiger partial charge in [-0.25, -0.2) is 9.50 Å². The topological polar surface area (TPSA) is 51.9 Å². The predicted molar refractivity (Wildman–Crippen MR) is 69.1 cm³/mol. The fourth-order valence-corrected chi connectivity index (χ4v) is 2.90. The van der Waals surface area contributed by atoms with Gasteiger partial charge in [-0.15, -0.1) is 0 Å². The second-order valence-electron chi connectivity index (χ2n) is 5.05. The summed E-state index contributed by atoms with van der Waals surface area (Å²) in [4.78, 5) is 6.87. The molecule has 1 spiro atoms. The summed E-state index contributed by atoms with van der Waals surface area (Å²) in [5.74, 6) is 0.554. The van der Waals surface area contributed by atoms with Crippen LogP contribution < -0.4 is 4.90 Å². The molecule has 0 bridgehead atoms. The van der Waals surface area contributed by atoms with Gasteiger partial charge < -0.3 is 14.4 Å². The molecule has 4 heterocycles. The molecule has 2 aliphatic heterocycles. The minimum absolute atomic E-state index is 0.410. The van der Waals surface area contributed by atoms with Crippen LogP contribution in [0.5, 0.6) is 0 Å². The highest BCUT2D eigenvalue weighted by Gasteiger charge is 2.41. The van der Waals surface area contributed by atoms with Crippen molar-refractivity contribution in [3.8, 4) is 0 Å². The lowest BCUT2D eigenvalue weighted by atomic mass is 10.0. The van der Waals surface area contributed by atoms with Crippen molar-refractivity contribution in [1.82, 2.24) is 14.6 Å². The summed E-state index contributed by atoms with van der Waals surface area (Å²) in [5, 5.41) is 4.16. The maximum Gasteiger partial charge on any atom is 0.186 e. The van der Waals surface area contributed by atoms with Crippen LogP contribution in [0.3, 0.4) is 0 Å². The van der Waals surface area contributed by atoms with Gasteiger partial charge >= 0.3 is 0 Å². The lowest BCUT2D eigenvalue weighted by Crippen LogP contribution is -2.49. The molecule has 0 unspecified atom stereocenters. The van der Waals surface area contributed by atoms with Crippen molar-refractivity contribution in [1.29, 1.82) is 0 Å². The van der Waals surface area contributed by atoms with E-state index in [1.54, 1.807) is 10.7 Å². The van der Waals surface area contributed by atoms with Gasteiger partial charge in [0.1, 0.15) is 5.82 Å². The Bertz CT molecular complexity index is 591. The molecule has 0 aromatic carbocycles. The Morgan fingerprint density at radius 3 is 3.00 bits per heavy atom. The average molecular weight is 260 g/mol. The summed E-state index contributed by atoms with van der Waals surface area (Å²) in [6.07, 6.45) is 5.73. The van der Waals surface area contributed by atoms with Gasteiger partial charge in [0.25, 0.3) is 0 Å². The van der Waals surface area contributed by atoms with Gasteiger partial charge in [0.15, 0.2) is 11.4 Å². The summed E-state index contributed by atoms with van der Waals surface area (Å²) in [5.41, 5.74) is 0.866. The fraction of sp³-hybridized carbons (Fsp3) is 0.538. The first-order valence-corrected chi connectivity index (χ1v) is 6.68. The molecule has 0 amide bonds. The number of hydrogen-bond donors (Lipinski definition) is 0. The highest BCUT2D eigenvalue weighted by molar-refractivity contribution is 5.47. The molecule has 0 aliphatic carbocycles. The quantitative estimate of drug-likeness (QED) is 0.767. The third kappa shape index (κ3) is 1.87. The van der Waals surface area contributed by atoms with Gasteiger partial charge in [-0.05, 0) is 12.5 Å². The maximum absolute atomic E-state index is 5.80. The van der Waals surface area contributed by atoms with Gasteiger partial charge in [-0.3, -0.25) is 0 Å². The lowest BCUT2D eigenvalue weighted by Gasteiger charge is -2.39. The molecule has 2 aliphatic rings. The van der Waals surface area contributed by atoms with Crippen LogP contribution in [0.15, 0.2) is 24.5 Å². The SMILES string of the molecule is c1cc2nc(N3CCCC4(C3)OCCO4)ccn2n1. The standard InChI is InChI=1S/C13H16N4O2/c1-4-13(18-8-9-19-13)10-16(6-1)11-3-7-17-12(15-11)2-5-14-17/h2-3,5,7H,1,4,6,8-10H2. The van der Waals surface area contributed by atoms with Crippen LogP contribution in [0.4, 0.5) is 5.82 Å². The van der Waals surface area contributed by atoms with Crippen LogP contribution in [-0.4, -0.2) is 46.7 Å². The zero-order valence-electron chi connectivity index (χ0n) is 10.7. The Balaban J connectivity index is 1.63. The van der Waals surface area contributed by atoms with Crippen LogP contribution in [0.1, 0.15) is 12.8 Å². The van der Waals surface area contributed by atoms with Crippen LogP contribution in [-0.2, 0) is 9.47 Å². The molecule has 0 saturated carbocycles. The second-order valence-corrected chi connectivity index (χ2v) is 5.05. The van der Waals surface area contributed by atoms with Crippen molar-refractivity contribution < 1.29 is 9.47 Å². The van der Waals surface area contributed by atoms with E-state index in [-0.39, 0.29) is 0 Å². The summed E-state index contributed by atoms with van der Waals surface area (Å²) in [7, 11) is 0. The highest BCUT2D eigenvalue weighted by Crippen LogP contribution is 2.31. The molecule has 2 aromatic rings. The monoisotopic (exact) mass is 260 g/mol. The van der Waals surface area contributed by atoms with Crippen LogP contribution >= 0.6 is 0 Å². The Morgan fingerprint density at radius 1 is 1.21 bits per heavy atom. The van der Waals surface area contributed by atoms with Crippen LogP contribution in [0, 0.1) is 0 Å². The van der Waals surface area contributed by atoms with Crippen molar-refractivity contribution in [2.24, 2.45) is 0 Å². The summed E-state index contributed by atoms with van der Waals surface area (Å²) in [6.45, 7) is 3.14. The average Bonchev–Trinajstić information content (AvgIpc) is 3.07. The van der Waals surface area contributed by atoms with Crippen LogP contribution in [0.25, 0.3) is 5.65 Å². The smallest absolute Gasteiger partial charge is 0.186 e. The number of nitrogens with zero attached hydrogens (tertiary/aromatic N) is 4. The Hall–Kier alpha value is -1.66. The molecule has 2 aromatic heterocycles. The van der Waals surface area contributed by atoms with E-state index in [1.807, 2.05) is 18.3 Å². The van der Waals surface area contributed by atoms with E-state index in [2.05, 4.69) is 15.0 Å². The molecule has 0 atom stereocenters. The first kappa shape index (κ1) is 11.2. The molecule has 6 nitrogen and oxygen atoms in total. The predicted octanol–water partition coefficient (Wildman–Crippen LogP) is 1.07. The first-order valence-electron chi connectivity index (χ1n) is 6.68. The summed E-state index contributed by atoms with van der Waals surface area (Å²) in [6, 6.07) is 3.90. The molecule has 0 radical (unpaired) electrons. The van der Waals surface area contributed by atoms with Crippen molar-refractivity contribution in [3.63, 3.8) is 0 Å². The first-order chi connectivity index (χ1) is 9.35. The van der Waals surface area contributed by atoms with Gasteiger partial charge in [0, 0.05) is 25.2 Å². The third-order valence-corrected chi connectivity index (χ3v) is 3.80. The third-order valence-electron chi connectivity index (χ3n) is 3.80. The zero-order chi connectivity index (χ0) is 12.7. The van der Waals surface area contributed by atoms with E-state index in [1.165, 1.54) is 0 Å². The largest absolute Gasteiger partial charge is 0.351 e. The molecule has 4 rings (SSSR count). The normalized spacial score (nSPS) is 22.4. The molecule has 2 fully saturated rings. The molecule has 19 heavy (non-hydrogen) atoms. The van der Waals surface area contributed by atoms with E-state index in [0.29, 0.717) is 13.2 Å². The van der Waals surface area contributed by atoms with Gasteiger partial charge in [0.2, 0.25) is 0 Å². The van der Waals surface area contributed by atoms with E-state index >= 15 is 0 Å². The maximum atomic E-state index is 5.80. The van der Waals surface area contributed by atoms with Gasteiger partial charge in [0.05, 0.1) is 26.0 Å². The van der Waals surface area contributed by atoms with E-state index < -0.39 is 5.79 Å². The van der Waals surface area contributed by atoms with Crippen molar-refractivity contribution >= 4 is 11.5 Å². The molecule has 100 valence electrons. The second kappa shape index (κ2) is 4.18. The minimum atomic E-state index is -0.410. The number of fused-ring (bicyclic) bond motifs is 1. The molecule has 2 saturated heterocycles. The number of hydrogen-bond acceptors (Lipinski definition) is 5. The van der Waals surface area contributed by atoms with E-state index in [0.717, 1.165) is 37.4 Å². The number of ether oxygens (including phenoxy) is 2. The van der Waals surface area contributed by atoms with Crippen LogP contribution in [0.2, 0.25) is 0 Å². The van der Waals surface area contributed by atoms with E-state index in [4.69, 9.17) is 9.47 Å². The van der Waals surface area contributed by atoms with Crippen molar-refractivity contribution in [2.45, 2.75) is 18.6 Å². The molecule has 0 N–H and O–H groups in total. The molecule has 6 heteroatoms. The van der Waals surface area contributed by atoms with Gasteiger partial charge in [-0.2, -0.15) is 5.10 Å². The lowest BCUT2D eigenvalue weighted by molar-refractivity contribution is -0.161. The molecular weight excluding hydrogens is 244 g/mol. The highest BCUT2D eigenvalue weighted by atomic mass is 16.7. The summed E-state index contributed by atoms with van der Waals surface area (Å²) < 4.78 is 13.4. The zero-order valence-corrected chi connectivity index (χ0v) is 10.7. The number of anilines is 1. The Kier molecular flexibility index (Phi) is 2.46. The number of rotatable bonds is 1. The van der Waals surface area contributed by atoms with Crippen molar-refractivity contribution in [3.05, 3.63) is 24.5 Å². The molecular formula is C13H16N4O2. The minimum Gasteiger partial charge on any atom is -0.351 e. The number of piperidine rings is 1. The number of aromatic nitrogens is 3. The Labute approximate surface area is 110 Å². The van der Waals surface area contributed by atoms with Gasteiger partial charge in [-0.1, -0.05) is 0 Å². The summed E-state index contributed by atoms with van der Waals surface area (Å²) >= 11 is 0. The Morgan fingerprint density at radius 2 is 2.11 bits per heavy atom. The van der Waals surface area contributed by atoms with Crippen molar-refractivity contribution in [2.75, 3.05) is 31.2 Å². The van der Waals surface area contributed by atoms with E-state index in [9.17, 15) is 0 Å². The fourth-order valence-electron chi connectivity index (χ4n) is 2.90.